The first kappa shape index (κ1) is 21.4. The van der Waals surface area contributed by atoms with E-state index in [1.807, 2.05) is 42.5 Å². The lowest BCUT2D eigenvalue weighted by atomic mass is 9.95. The molecule has 168 valence electrons. The number of fused-ring (bicyclic) bond motifs is 2. The molecule has 2 aliphatic heterocycles. The molecule has 5 rings (SSSR count). The van der Waals surface area contributed by atoms with Gasteiger partial charge in [-0.1, -0.05) is 30.3 Å². The van der Waals surface area contributed by atoms with E-state index in [0.717, 1.165) is 40.0 Å². The van der Waals surface area contributed by atoms with Gasteiger partial charge < -0.3 is 10.2 Å². The van der Waals surface area contributed by atoms with Crippen LogP contribution >= 0.6 is 11.3 Å². The zero-order valence-corrected chi connectivity index (χ0v) is 19.1. The number of hydrogen-bond donors (Lipinski definition) is 1. The Morgan fingerprint density at radius 1 is 1.15 bits per heavy atom. The van der Waals surface area contributed by atoms with Gasteiger partial charge in [0, 0.05) is 29.2 Å². The van der Waals surface area contributed by atoms with Gasteiger partial charge in [-0.05, 0) is 42.5 Å². The van der Waals surface area contributed by atoms with E-state index in [-0.39, 0.29) is 30.2 Å². The summed E-state index contributed by atoms with van der Waals surface area (Å²) in [5.41, 5.74) is 1.64. The minimum absolute atomic E-state index is 0.000896. The van der Waals surface area contributed by atoms with Crippen LogP contribution in [0.15, 0.2) is 61.2 Å². The quantitative estimate of drug-likeness (QED) is 0.443. The second kappa shape index (κ2) is 8.83. The van der Waals surface area contributed by atoms with Gasteiger partial charge in [0.25, 0.3) is 11.8 Å². The second-order valence-corrected chi connectivity index (χ2v) is 9.63. The van der Waals surface area contributed by atoms with Crippen LogP contribution in [0.3, 0.4) is 0 Å². The summed E-state index contributed by atoms with van der Waals surface area (Å²) in [6.45, 7) is 5.62. The molecule has 1 N–H and O–H groups in total. The molecule has 7 heteroatoms. The number of piperidine rings is 1. The van der Waals surface area contributed by atoms with Crippen LogP contribution in [0.1, 0.15) is 38.4 Å². The number of nitrogens with one attached hydrogen (secondary N) is 1. The lowest BCUT2D eigenvalue weighted by Gasteiger charge is -2.34. The molecular formula is C26H25N3O3S. The van der Waals surface area contributed by atoms with Crippen molar-refractivity contribution >= 4 is 44.8 Å². The predicted molar refractivity (Wildman–Crippen MR) is 131 cm³/mol. The molecule has 33 heavy (non-hydrogen) atoms. The molecule has 2 aromatic carbocycles. The van der Waals surface area contributed by atoms with Crippen LogP contribution in [-0.2, 0) is 11.3 Å². The fourth-order valence-corrected chi connectivity index (χ4v) is 5.77. The first-order valence-corrected chi connectivity index (χ1v) is 12.0. The molecule has 1 aromatic heterocycles. The minimum atomic E-state index is -0.263. The van der Waals surface area contributed by atoms with Crippen molar-refractivity contribution in [2.24, 2.45) is 5.92 Å². The smallest absolute Gasteiger partial charge is 0.264 e. The van der Waals surface area contributed by atoms with Crippen LogP contribution in [0.25, 0.3) is 10.1 Å². The maximum Gasteiger partial charge on any atom is 0.264 e. The highest BCUT2D eigenvalue weighted by molar-refractivity contribution is 7.19. The molecule has 2 aliphatic rings. The van der Waals surface area contributed by atoms with Gasteiger partial charge in [0.1, 0.15) is 0 Å². The van der Waals surface area contributed by atoms with Gasteiger partial charge in [0.05, 0.1) is 29.3 Å². The highest BCUT2D eigenvalue weighted by atomic mass is 32.1. The third kappa shape index (κ3) is 3.93. The summed E-state index contributed by atoms with van der Waals surface area (Å²) >= 11 is 1.60. The zero-order chi connectivity index (χ0) is 22.9. The number of anilines is 1. The summed E-state index contributed by atoms with van der Waals surface area (Å²) in [4.78, 5) is 43.5. The molecule has 6 nitrogen and oxygen atoms in total. The van der Waals surface area contributed by atoms with Gasteiger partial charge in [-0.2, -0.15) is 0 Å². The predicted octanol–water partition coefficient (Wildman–Crippen LogP) is 4.22. The number of benzene rings is 2. The number of nitrogens with zero attached hydrogens (tertiary/aromatic N) is 2. The maximum absolute atomic E-state index is 13.4. The number of imide groups is 1. The zero-order valence-electron chi connectivity index (χ0n) is 18.3. The Hall–Kier alpha value is -3.45. The molecule has 0 saturated carbocycles. The molecule has 3 amide bonds. The van der Waals surface area contributed by atoms with Gasteiger partial charge in [-0.15, -0.1) is 17.9 Å². The molecule has 1 saturated heterocycles. The van der Waals surface area contributed by atoms with Crippen LogP contribution in [0.2, 0.25) is 0 Å². The molecule has 0 spiro atoms. The van der Waals surface area contributed by atoms with Gasteiger partial charge in [0.2, 0.25) is 5.91 Å². The van der Waals surface area contributed by atoms with Crippen molar-refractivity contribution in [2.45, 2.75) is 19.4 Å². The third-order valence-electron chi connectivity index (χ3n) is 6.32. The average Bonchev–Trinajstić information content (AvgIpc) is 3.37. The van der Waals surface area contributed by atoms with Crippen LogP contribution < -0.4 is 10.2 Å². The van der Waals surface area contributed by atoms with Crippen LogP contribution in [0, 0.1) is 5.92 Å². The third-order valence-corrected chi connectivity index (χ3v) is 7.42. The molecule has 1 unspecified atom stereocenters. The number of rotatable bonds is 6. The topological polar surface area (TPSA) is 69.7 Å². The van der Waals surface area contributed by atoms with Crippen molar-refractivity contribution in [1.29, 1.82) is 0 Å². The fourth-order valence-electron chi connectivity index (χ4n) is 4.72. The average molecular weight is 460 g/mol. The van der Waals surface area contributed by atoms with E-state index in [0.29, 0.717) is 24.2 Å². The van der Waals surface area contributed by atoms with E-state index in [2.05, 4.69) is 16.8 Å². The lowest BCUT2D eigenvalue weighted by Crippen LogP contribution is -2.43. The SMILES string of the molecule is C=CCNC(=O)C1CCCN(c2cccc3c2C(=O)N(Cc2cc4ccccc4s2)C3=O)C1. The summed E-state index contributed by atoms with van der Waals surface area (Å²) < 4.78 is 1.14. The Morgan fingerprint density at radius 2 is 2.00 bits per heavy atom. The van der Waals surface area contributed by atoms with Crippen molar-refractivity contribution in [1.82, 2.24) is 10.2 Å². The van der Waals surface area contributed by atoms with Gasteiger partial charge in [-0.25, -0.2) is 0 Å². The van der Waals surface area contributed by atoms with E-state index < -0.39 is 0 Å². The van der Waals surface area contributed by atoms with E-state index in [1.165, 1.54) is 4.90 Å². The van der Waals surface area contributed by atoms with Crippen molar-refractivity contribution in [3.8, 4) is 0 Å². The summed E-state index contributed by atoms with van der Waals surface area (Å²) in [7, 11) is 0. The summed E-state index contributed by atoms with van der Waals surface area (Å²) in [6, 6.07) is 15.5. The first-order chi connectivity index (χ1) is 16.1. The monoisotopic (exact) mass is 459 g/mol. The second-order valence-electron chi connectivity index (χ2n) is 8.47. The Balaban J connectivity index is 1.40. The molecule has 3 aromatic rings. The molecular weight excluding hydrogens is 434 g/mol. The normalized spacial score (nSPS) is 18.0. The molecule has 0 bridgehead atoms. The van der Waals surface area contributed by atoms with E-state index in [4.69, 9.17) is 0 Å². The molecule has 3 heterocycles. The first-order valence-electron chi connectivity index (χ1n) is 11.2. The Kier molecular flexibility index (Phi) is 5.72. The number of thiophene rings is 1. The van der Waals surface area contributed by atoms with Crippen molar-refractivity contribution < 1.29 is 14.4 Å². The van der Waals surface area contributed by atoms with Gasteiger partial charge >= 0.3 is 0 Å². The fraction of sp³-hybridized carbons (Fsp3) is 0.269. The number of hydrogen-bond acceptors (Lipinski definition) is 5. The number of amides is 3. The standard InChI is InChI=1S/C26H25N3O3S/c1-2-12-27-24(30)18-8-6-13-28(15-18)21-10-5-9-20-23(21)26(32)29(25(20)31)16-19-14-17-7-3-4-11-22(17)33-19/h2-5,7,9-11,14,18H,1,6,8,12-13,15-16H2,(H,27,30). The molecule has 0 radical (unpaired) electrons. The number of carbonyl (C=O) groups excluding carboxylic acids is 3. The summed E-state index contributed by atoms with van der Waals surface area (Å²) in [6.07, 6.45) is 3.32. The Labute approximate surface area is 196 Å². The summed E-state index contributed by atoms with van der Waals surface area (Å²) in [5.74, 6) is -0.676. The minimum Gasteiger partial charge on any atom is -0.370 e. The highest BCUT2D eigenvalue weighted by Crippen LogP contribution is 2.36. The van der Waals surface area contributed by atoms with Gasteiger partial charge in [-0.3, -0.25) is 19.3 Å². The Morgan fingerprint density at radius 3 is 2.82 bits per heavy atom. The number of carbonyl (C=O) groups is 3. The van der Waals surface area contributed by atoms with E-state index in [9.17, 15) is 14.4 Å². The molecule has 1 fully saturated rings. The lowest BCUT2D eigenvalue weighted by molar-refractivity contribution is -0.125. The van der Waals surface area contributed by atoms with Crippen molar-refractivity contribution in [3.05, 3.63) is 77.2 Å². The van der Waals surface area contributed by atoms with Crippen LogP contribution in [0.5, 0.6) is 0 Å². The van der Waals surface area contributed by atoms with Crippen LogP contribution in [-0.4, -0.2) is 42.3 Å². The molecule has 0 aliphatic carbocycles. The van der Waals surface area contributed by atoms with Gasteiger partial charge in [0.15, 0.2) is 0 Å². The Bertz CT molecular complexity index is 1230. The van der Waals surface area contributed by atoms with Crippen LogP contribution in [0.4, 0.5) is 5.69 Å². The van der Waals surface area contributed by atoms with Crippen molar-refractivity contribution in [3.63, 3.8) is 0 Å². The van der Waals surface area contributed by atoms with Crippen molar-refractivity contribution in [2.75, 3.05) is 24.5 Å². The van der Waals surface area contributed by atoms with E-state index >= 15 is 0 Å². The molecule has 1 atom stereocenters. The summed E-state index contributed by atoms with van der Waals surface area (Å²) in [5, 5.41) is 3.99. The highest BCUT2D eigenvalue weighted by Gasteiger charge is 2.39. The van der Waals surface area contributed by atoms with E-state index in [1.54, 1.807) is 23.5 Å². The largest absolute Gasteiger partial charge is 0.370 e. The maximum atomic E-state index is 13.4.